The highest BCUT2D eigenvalue weighted by Crippen LogP contribution is 2.31. The van der Waals surface area contributed by atoms with Gasteiger partial charge in [-0.1, -0.05) is 41.2 Å². The summed E-state index contributed by atoms with van der Waals surface area (Å²) in [5.74, 6) is -0.532. The first-order valence-corrected chi connectivity index (χ1v) is 7.61. The second-order valence-electron chi connectivity index (χ2n) is 5.63. The van der Waals surface area contributed by atoms with E-state index in [0.717, 1.165) is 19.3 Å². The fraction of sp³-hybridized carbons (Fsp3) is 0.750. The molecule has 0 aromatic heterocycles. The van der Waals surface area contributed by atoms with Crippen LogP contribution in [0.4, 0.5) is 0 Å². The van der Waals surface area contributed by atoms with E-state index in [4.69, 9.17) is 5.73 Å². The Balaban J connectivity index is 0.00000172. The Morgan fingerprint density at radius 3 is 2.30 bits per heavy atom. The highest BCUT2D eigenvalue weighted by atomic mass is 16.2. The Hall–Kier alpha value is -1.32. The Kier molecular flexibility index (Phi) is 7.54. The van der Waals surface area contributed by atoms with Gasteiger partial charge in [0.1, 0.15) is 6.04 Å². The molecular weight excluding hydrogens is 252 g/mol. The van der Waals surface area contributed by atoms with Crippen molar-refractivity contribution in [3.8, 4) is 0 Å². The number of rotatable bonds is 4. The predicted octanol–water partition coefficient (Wildman–Crippen LogP) is 2.87. The molecule has 1 saturated heterocycles. The normalized spacial score (nSPS) is 18.9. The van der Waals surface area contributed by atoms with Crippen molar-refractivity contribution in [3.63, 3.8) is 0 Å². The number of likely N-dealkylation sites (tertiary alicyclic amines) is 1. The first kappa shape index (κ1) is 18.7. The molecule has 1 atom stereocenters. The average Bonchev–Trinajstić information content (AvgIpc) is 2.47. The van der Waals surface area contributed by atoms with E-state index in [0.29, 0.717) is 18.5 Å². The lowest BCUT2D eigenvalue weighted by Gasteiger charge is -2.37. The van der Waals surface area contributed by atoms with Crippen molar-refractivity contribution >= 4 is 11.8 Å². The van der Waals surface area contributed by atoms with Crippen molar-refractivity contribution in [2.45, 2.75) is 66.3 Å². The molecule has 2 N–H and O–H groups in total. The fourth-order valence-electron chi connectivity index (χ4n) is 2.15. The van der Waals surface area contributed by atoms with Gasteiger partial charge in [0.2, 0.25) is 11.8 Å². The minimum absolute atomic E-state index is 0.120. The average molecular weight is 282 g/mol. The van der Waals surface area contributed by atoms with E-state index in [9.17, 15) is 9.59 Å². The van der Waals surface area contributed by atoms with Gasteiger partial charge in [-0.25, -0.2) is 0 Å². The van der Waals surface area contributed by atoms with Crippen molar-refractivity contribution in [2.75, 3.05) is 6.54 Å². The highest BCUT2D eigenvalue weighted by Gasteiger charge is 2.35. The van der Waals surface area contributed by atoms with Crippen molar-refractivity contribution < 1.29 is 9.59 Å². The van der Waals surface area contributed by atoms with Gasteiger partial charge in [0.05, 0.1) is 0 Å². The second-order valence-corrected chi connectivity index (χ2v) is 5.63. The predicted molar refractivity (Wildman–Crippen MR) is 83.1 cm³/mol. The third kappa shape index (κ3) is 4.36. The van der Waals surface area contributed by atoms with Gasteiger partial charge in [-0.15, -0.1) is 0 Å². The molecule has 1 unspecified atom stereocenters. The van der Waals surface area contributed by atoms with Gasteiger partial charge < -0.3 is 10.6 Å². The molecule has 4 heteroatoms. The zero-order valence-corrected chi connectivity index (χ0v) is 13.7. The maximum atomic E-state index is 12.4. The topological polar surface area (TPSA) is 63.4 Å². The summed E-state index contributed by atoms with van der Waals surface area (Å²) < 4.78 is 0. The molecule has 0 bridgehead atoms. The molecule has 1 aliphatic rings. The monoisotopic (exact) mass is 282 g/mol. The van der Waals surface area contributed by atoms with Gasteiger partial charge in [-0.05, 0) is 31.1 Å². The molecule has 2 amide bonds. The summed E-state index contributed by atoms with van der Waals surface area (Å²) in [6, 6.07) is -0.462. The summed E-state index contributed by atoms with van der Waals surface area (Å²) in [5, 5.41) is 0. The molecule has 1 heterocycles. The van der Waals surface area contributed by atoms with Crippen molar-refractivity contribution in [1.82, 2.24) is 4.90 Å². The number of nitrogens with zero attached hydrogens (tertiary/aromatic N) is 1. The Labute approximate surface area is 123 Å². The molecule has 1 rings (SSSR count). The molecule has 0 aliphatic carbocycles. The van der Waals surface area contributed by atoms with Gasteiger partial charge in [0.25, 0.3) is 0 Å². The first-order chi connectivity index (χ1) is 9.31. The van der Waals surface area contributed by atoms with Crippen LogP contribution in [0, 0.1) is 5.41 Å². The molecule has 1 fully saturated rings. The van der Waals surface area contributed by atoms with E-state index >= 15 is 0 Å². The number of amides is 2. The quantitative estimate of drug-likeness (QED) is 0.806. The first-order valence-electron chi connectivity index (χ1n) is 7.61. The van der Waals surface area contributed by atoms with Crippen LogP contribution in [0.2, 0.25) is 0 Å². The summed E-state index contributed by atoms with van der Waals surface area (Å²) in [4.78, 5) is 25.4. The van der Waals surface area contributed by atoms with E-state index in [2.05, 4.69) is 6.58 Å². The number of nitrogens with two attached hydrogens (primary N) is 1. The standard InChI is InChI=1S/C14H24N2O2.C2H6/c1-5-14(3,4)10(2)13(18)16-9-7-6-8-11(16)12(15)17;1-2/h11H,2,5-9H2,1,3-4H3,(H2,15,17);1-2H3. The molecule has 0 radical (unpaired) electrons. The van der Waals surface area contributed by atoms with Gasteiger partial charge >= 0.3 is 0 Å². The molecule has 0 aromatic carbocycles. The van der Waals surface area contributed by atoms with Gasteiger partial charge in [0.15, 0.2) is 0 Å². The smallest absolute Gasteiger partial charge is 0.250 e. The minimum Gasteiger partial charge on any atom is -0.368 e. The largest absolute Gasteiger partial charge is 0.368 e. The van der Waals surface area contributed by atoms with E-state index in [-0.39, 0.29) is 11.3 Å². The van der Waals surface area contributed by atoms with E-state index < -0.39 is 11.9 Å². The van der Waals surface area contributed by atoms with Gasteiger partial charge in [0, 0.05) is 12.1 Å². The summed E-state index contributed by atoms with van der Waals surface area (Å²) in [5.41, 5.74) is 5.70. The fourth-order valence-corrected chi connectivity index (χ4v) is 2.15. The molecule has 1 aliphatic heterocycles. The molecular formula is C16H30N2O2. The molecule has 0 aromatic rings. The van der Waals surface area contributed by atoms with E-state index in [1.807, 2.05) is 34.6 Å². The lowest BCUT2D eigenvalue weighted by atomic mass is 9.81. The Morgan fingerprint density at radius 1 is 1.30 bits per heavy atom. The summed E-state index contributed by atoms with van der Waals surface area (Å²) >= 11 is 0. The third-order valence-electron chi connectivity index (χ3n) is 4.05. The molecule has 0 spiro atoms. The zero-order chi connectivity index (χ0) is 15.9. The van der Waals surface area contributed by atoms with E-state index in [1.54, 1.807) is 4.90 Å². The lowest BCUT2D eigenvalue weighted by molar-refractivity contribution is -0.138. The van der Waals surface area contributed by atoms with Crippen molar-refractivity contribution in [3.05, 3.63) is 12.2 Å². The third-order valence-corrected chi connectivity index (χ3v) is 4.05. The molecule has 4 nitrogen and oxygen atoms in total. The van der Waals surface area contributed by atoms with Crippen LogP contribution >= 0.6 is 0 Å². The van der Waals surface area contributed by atoms with Crippen LogP contribution < -0.4 is 5.73 Å². The number of carbonyl (C=O) groups excluding carboxylic acids is 2. The second kappa shape index (κ2) is 8.08. The molecule has 116 valence electrons. The van der Waals surface area contributed by atoms with Gasteiger partial charge in [-0.3, -0.25) is 9.59 Å². The van der Waals surface area contributed by atoms with Crippen LogP contribution in [-0.2, 0) is 9.59 Å². The van der Waals surface area contributed by atoms with Crippen LogP contribution in [0.25, 0.3) is 0 Å². The molecule has 20 heavy (non-hydrogen) atoms. The summed E-state index contributed by atoms with van der Waals surface area (Å²) in [6.45, 7) is 14.5. The Morgan fingerprint density at radius 2 is 1.85 bits per heavy atom. The summed E-state index contributed by atoms with van der Waals surface area (Å²) in [6.07, 6.45) is 3.38. The maximum absolute atomic E-state index is 12.4. The number of piperidine rings is 1. The van der Waals surface area contributed by atoms with Crippen molar-refractivity contribution in [1.29, 1.82) is 0 Å². The van der Waals surface area contributed by atoms with Gasteiger partial charge in [-0.2, -0.15) is 0 Å². The molecule has 0 saturated carbocycles. The van der Waals surface area contributed by atoms with Crippen LogP contribution in [0.1, 0.15) is 60.3 Å². The summed E-state index contributed by atoms with van der Waals surface area (Å²) in [7, 11) is 0. The SMILES string of the molecule is C=C(C(=O)N1CCCCC1C(N)=O)C(C)(C)CC.CC. The van der Waals surface area contributed by atoms with Crippen LogP contribution in [0.3, 0.4) is 0 Å². The number of carbonyl (C=O) groups is 2. The Bertz CT molecular complexity index is 361. The number of hydrogen-bond donors (Lipinski definition) is 1. The maximum Gasteiger partial charge on any atom is 0.250 e. The van der Waals surface area contributed by atoms with Crippen LogP contribution in [0.5, 0.6) is 0 Å². The lowest BCUT2D eigenvalue weighted by Crippen LogP contribution is -2.51. The van der Waals surface area contributed by atoms with E-state index in [1.165, 1.54) is 0 Å². The zero-order valence-electron chi connectivity index (χ0n) is 13.7. The van der Waals surface area contributed by atoms with Crippen molar-refractivity contribution in [2.24, 2.45) is 11.1 Å². The minimum atomic E-state index is -0.462. The number of hydrogen-bond acceptors (Lipinski definition) is 2. The highest BCUT2D eigenvalue weighted by molar-refractivity contribution is 5.97. The number of primary amides is 1. The van der Waals surface area contributed by atoms with Crippen LogP contribution in [0.15, 0.2) is 12.2 Å². The van der Waals surface area contributed by atoms with Crippen LogP contribution in [-0.4, -0.2) is 29.3 Å².